The van der Waals surface area contributed by atoms with Crippen molar-refractivity contribution in [3.05, 3.63) is 69.8 Å². The number of nitrogens with one attached hydrogen (secondary N) is 2. The largest absolute Gasteiger partial charge is 0.508 e. The quantitative estimate of drug-likeness (QED) is 0.310. The van der Waals surface area contributed by atoms with E-state index >= 15 is 0 Å². The first-order chi connectivity index (χ1) is 16.6. The third-order valence-electron chi connectivity index (χ3n) is 7.34. The fourth-order valence-corrected chi connectivity index (χ4v) is 5.66. The Labute approximate surface area is 199 Å². The Balaban J connectivity index is 1.55. The second-order valence-electron chi connectivity index (χ2n) is 9.30. The molecule has 8 N–H and O–H groups in total. The number of nitrogens with two attached hydrogens (primary N) is 1. The van der Waals surface area contributed by atoms with Crippen LogP contribution in [-0.2, 0) is 33.9 Å². The van der Waals surface area contributed by atoms with E-state index in [2.05, 4.69) is 10.3 Å². The van der Waals surface area contributed by atoms with Gasteiger partial charge in [0.15, 0.2) is 11.4 Å². The summed E-state index contributed by atoms with van der Waals surface area (Å²) in [6.07, 6.45) is 1.86. The van der Waals surface area contributed by atoms with E-state index in [0.29, 0.717) is 18.7 Å². The standard InChI is InChI=1S/C25H25N3O7/c26-24(34)20-17(30)8-13-6-12-7-15-11(9-27-10-14-2-1-5-28-14)3-4-16(29)19(15)21(31)18(12)22(32)25(13,35)23(20)33/h1-5,12-13,27-29,31,33,35H,6-10H2,(H2,26,34)/t12-,13+,25+/m1/s1. The monoisotopic (exact) mass is 479 g/mol. The number of carbonyl (C=O) groups is 3. The first-order valence-corrected chi connectivity index (χ1v) is 11.3. The van der Waals surface area contributed by atoms with E-state index in [9.17, 15) is 34.8 Å². The molecule has 2 aromatic rings. The van der Waals surface area contributed by atoms with Gasteiger partial charge in [-0.05, 0) is 48.1 Å². The van der Waals surface area contributed by atoms with Crippen LogP contribution in [0.3, 0.4) is 0 Å². The highest BCUT2D eigenvalue weighted by Gasteiger charge is 2.60. The highest BCUT2D eigenvalue weighted by atomic mass is 16.3. The Morgan fingerprint density at radius 2 is 1.91 bits per heavy atom. The molecule has 3 atom stereocenters. The van der Waals surface area contributed by atoms with Crippen LogP contribution in [0.5, 0.6) is 5.75 Å². The summed E-state index contributed by atoms with van der Waals surface area (Å²) in [6, 6.07) is 7.00. The number of ketones is 2. The second kappa shape index (κ2) is 8.10. The summed E-state index contributed by atoms with van der Waals surface area (Å²) in [5.41, 5.74) is 4.27. The van der Waals surface area contributed by atoms with Crippen LogP contribution in [0.2, 0.25) is 0 Å². The number of H-pyrrole nitrogens is 1. The normalized spacial score (nSPS) is 25.9. The Morgan fingerprint density at radius 1 is 1.14 bits per heavy atom. The molecule has 1 amide bonds. The molecule has 1 saturated carbocycles. The van der Waals surface area contributed by atoms with Crippen LogP contribution < -0.4 is 11.1 Å². The number of aromatic nitrogens is 1. The number of rotatable bonds is 5. The lowest BCUT2D eigenvalue weighted by molar-refractivity contribution is -0.147. The van der Waals surface area contributed by atoms with E-state index in [0.717, 1.165) is 11.3 Å². The van der Waals surface area contributed by atoms with Gasteiger partial charge in [0.25, 0.3) is 5.91 Å². The average molecular weight is 479 g/mol. The molecule has 1 aromatic carbocycles. The number of carbonyl (C=O) groups excluding carboxylic acids is 3. The molecule has 182 valence electrons. The van der Waals surface area contributed by atoms with Crippen LogP contribution in [0.25, 0.3) is 5.76 Å². The Morgan fingerprint density at radius 3 is 2.60 bits per heavy atom. The van der Waals surface area contributed by atoms with Gasteiger partial charge in [-0.2, -0.15) is 0 Å². The molecule has 1 aromatic heterocycles. The van der Waals surface area contributed by atoms with Crippen molar-refractivity contribution in [3.8, 4) is 5.75 Å². The van der Waals surface area contributed by atoms with Crippen LogP contribution in [0.15, 0.2) is 47.4 Å². The summed E-state index contributed by atoms with van der Waals surface area (Å²) < 4.78 is 0. The number of hydrogen-bond donors (Lipinski definition) is 7. The van der Waals surface area contributed by atoms with E-state index in [1.807, 2.05) is 18.3 Å². The van der Waals surface area contributed by atoms with Crippen molar-refractivity contribution in [2.24, 2.45) is 17.6 Å². The van der Waals surface area contributed by atoms with Crippen molar-refractivity contribution in [3.63, 3.8) is 0 Å². The van der Waals surface area contributed by atoms with Gasteiger partial charge in [0.1, 0.15) is 22.8 Å². The maximum atomic E-state index is 13.5. The molecular weight excluding hydrogens is 454 g/mol. The number of aliphatic hydroxyl groups excluding tert-OH is 2. The van der Waals surface area contributed by atoms with Crippen molar-refractivity contribution in [1.82, 2.24) is 10.3 Å². The molecule has 5 rings (SSSR count). The molecule has 1 heterocycles. The molecule has 35 heavy (non-hydrogen) atoms. The molecule has 0 saturated heterocycles. The summed E-state index contributed by atoms with van der Waals surface area (Å²) in [5, 5.41) is 46.8. The minimum absolute atomic E-state index is 0.0938. The number of benzene rings is 1. The topological polar surface area (TPSA) is 186 Å². The van der Waals surface area contributed by atoms with Crippen molar-refractivity contribution in [1.29, 1.82) is 0 Å². The number of aromatic amines is 1. The van der Waals surface area contributed by atoms with Gasteiger partial charge in [-0.3, -0.25) is 14.4 Å². The van der Waals surface area contributed by atoms with Crippen LogP contribution in [0, 0.1) is 11.8 Å². The lowest BCUT2D eigenvalue weighted by Gasteiger charge is -2.46. The number of fused-ring (bicyclic) bond motifs is 3. The molecule has 0 radical (unpaired) electrons. The zero-order valence-corrected chi connectivity index (χ0v) is 18.7. The van der Waals surface area contributed by atoms with Gasteiger partial charge in [-0.15, -0.1) is 0 Å². The molecule has 10 nitrogen and oxygen atoms in total. The molecular formula is C25H25N3O7. The van der Waals surface area contributed by atoms with Gasteiger partial charge in [0.2, 0.25) is 5.78 Å². The first-order valence-electron chi connectivity index (χ1n) is 11.3. The Kier molecular flexibility index (Phi) is 5.30. The maximum absolute atomic E-state index is 13.5. The van der Waals surface area contributed by atoms with Gasteiger partial charge in [0.05, 0.1) is 5.56 Å². The van der Waals surface area contributed by atoms with Gasteiger partial charge in [-0.1, -0.05) is 6.07 Å². The number of aromatic hydroxyl groups is 1. The van der Waals surface area contributed by atoms with Crippen molar-refractivity contribution in [2.45, 2.75) is 38.0 Å². The number of hydrogen-bond acceptors (Lipinski definition) is 8. The lowest BCUT2D eigenvalue weighted by Crippen LogP contribution is -2.58. The number of phenols is 1. The molecule has 3 aliphatic rings. The molecule has 0 aliphatic heterocycles. The summed E-state index contributed by atoms with van der Waals surface area (Å²) in [6.45, 7) is 1.00. The highest BCUT2D eigenvalue weighted by molar-refractivity contribution is 6.22. The number of Topliss-reactive ketones (excluding diaryl/α,β-unsaturated/α-hetero) is 2. The SMILES string of the molecule is NC(=O)C1=C(O)[C@@]2(O)C(=O)C3=C(O)c4c(O)ccc(CNCc5ccc[nH]5)c4C[C@H]3C[C@H]2CC1=O. The van der Waals surface area contributed by atoms with Gasteiger partial charge < -0.3 is 36.5 Å². The Hall–Kier alpha value is -3.89. The minimum atomic E-state index is -2.56. The first kappa shape index (κ1) is 22.9. The van der Waals surface area contributed by atoms with Crippen molar-refractivity contribution in [2.75, 3.05) is 0 Å². The zero-order valence-electron chi connectivity index (χ0n) is 18.7. The van der Waals surface area contributed by atoms with Crippen LogP contribution >= 0.6 is 0 Å². The van der Waals surface area contributed by atoms with Gasteiger partial charge in [-0.25, -0.2) is 0 Å². The number of primary amides is 1. The van der Waals surface area contributed by atoms with E-state index in [4.69, 9.17) is 5.73 Å². The fourth-order valence-electron chi connectivity index (χ4n) is 5.66. The van der Waals surface area contributed by atoms with E-state index in [1.54, 1.807) is 6.07 Å². The summed E-state index contributed by atoms with van der Waals surface area (Å²) in [7, 11) is 0. The lowest BCUT2D eigenvalue weighted by atomic mass is 9.59. The van der Waals surface area contributed by atoms with Gasteiger partial charge >= 0.3 is 0 Å². The fraction of sp³-hybridized carbons (Fsp3) is 0.320. The number of aliphatic hydroxyl groups is 3. The minimum Gasteiger partial charge on any atom is -0.508 e. The van der Waals surface area contributed by atoms with E-state index in [-0.39, 0.29) is 36.1 Å². The third-order valence-corrected chi connectivity index (χ3v) is 7.34. The Bertz CT molecular complexity index is 1320. The van der Waals surface area contributed by atoms with E-state index < -0.39 is 52.0 Å². The van der Waals surface area contributed by atoms with Gasteiger partial charge in [0, 0.05) is 42.9 Å². The molecule has 0 bridgehead atoms. The summed E-state index contributed by atoms with van der Waals surface area (Å²) >= 11 is 0. The number of phenolic OH excluding ortho intramolecular Hbond substituents is 1. The number of amides is 1. The smallest absolute Gasteiger partial charge is 0.255 e. The molecule has 10 heteroatoms. The van der Waals surface area contributed by atoms with Crippen molar-refractivity contribution < 1.29 is 34.8 Å². The van der Waals surface area contributed by atoms with Crippen LogP contribution in [-0.4, -0.2) is 48.5 Å². The zero-order chi connectivity index (χ0) is 25.1. The molecule has 0 unspecified atom stereocenters. The predicted molar refractivity (Wildman–Crippen MR) is 123 cm³/mol. The maximum Gasteiger partial charge on any atom is 0.255 e. The molecule has 0 spiro atoms. The highest BCUT2D eigenvalue weighted by Crippen LogP contribution is 2.52. The second-order valence-corrected chi connectivity index (χ2v) is 9.30. The summed E-state index contributed by atoms with van der Waals surface area (Å²) in [5.74, 6) is -6.31. The van der Waals surface area contributed by atoms with Crippen LogP contribution in [0.1, 0.15) is 35.2 Å². The van der Waals surface area contributed by atoms with Crippen LogP contribution in [0.4, 0.5) is 0 Å². The summed E-state index contributed by atoms with van der Waals surface area (Å²) in [4.78, 5) is 40.7. The van der Waals surface area contributed by atoms with E-state index in [1.165, 1.54) is 6.07 Å². The molecule has 3 aliphatic carbocycles. The average Bonchev–Trinajstić information content (AvgIpc) is 3.31. The third kappa shape index (κ3) is 3.36. The predicted octanol–water partition coefficient (Wildman–Crippen LogP) is 1.04. The molecule has 1 fully saturated rings. The van der Waals surface area contributed by atoms with Crippen molar-refractivity contribution >= 4 is 23.2 Å².